The lowest BCUT2D eigenvalue weighted by atomic mass is 10.0. The molecule has 2 aromatic carbocycles. The molecule has 1 saturated carbocycles. The van der Waals surface area contributed by atoms with Crippen LogP contribution in [0.4, 0.5) is 5.69 Å². The van der Waals surface area contributed by atoms with E-state index < -0.39 is 0 Å². The molecule has 5 heteroatoms. The predicted octanol–water partition coefficient (Wildman–Crippen LogP) is 4.16. The van der Waals surface area contributed by atoms with Crippen molar-refractivity contribution in [1.29, 1.82) is 0 Å². The zero-order chi connectivity index (χ0) is 22.2. The summed E-state index contributed by atoms with van der Waals surface area (Å²) in [6, 6.07) is 18.1. The summed E-state index contributed by atoms with van der Waals surface area (Å²) in [5, 5.41) is 3.04. The van der Waals surface area contributed by atoms with Crippen molar-refractivity contribution < 1.29 is 9.59 Å². The zero-order valence-corrected chi connectivity index (χ0v) is 19.0. The minimum atomic E-state index is 0.0557. The first-order chi connectivity index (χ1) is 15.7. The van der Waals surface area contributed by atoms with Gasteiger partial charge in [0.2, 0.25) is 11.8 Å². The van der Waals surface area contributed by atoms with Crippen molar-refractivity contribution in [3.05, 3.63) is 65.7 Å². The number of rotatable bonds is 9. The van der Waals surface area contributed by atoms with Gasteiger partial charge in [-0.05, 0) is 62.0 Å². The molecule has 1 heterocycles. The van der Waals surface area contributed by atoms with Crippen molar-refractivity contribution in [3.8, 4) is 0 Å². The van der Waals surface area contributed by atoms with Crippen LogP contribution in [0, 0.1) is 5.92 Å². The van der Waals surface area contributed by atoms with Crippen molar-refractivity contribution in [2.24, 2.45) is 5.92 Å². The number of carbonyl (C=O) groups excluding carboxylic acids is 2. The molecular formula is C27H35N3O2. The van der Waals surface area contributed by atoms with Crippen molar-refractivity contribution in [1.82, 2.24) is 10.2 Å². The maximum Gasteiger partial charge on any atom is 0.230 e. The summed E-state index contributed by atoms with van der Waals surface area (Å²) < 4.78 is 0. The number of hydrogen-bond donors (Lipinski definition) is 1. The molecule has 0 radical (unpaired) electrons. The molecule has 2 amide bonds. The number of amides is 2. The number of nitrogens with one attached hydrogen (secondary N) is 1. The number of likely N-dealkylation sites (tertiary alicyclic amines) is 1. The molecule has 5 nitrogen and oxygen atoms in total. The third-order valence-corrected chi connectivity index (χ3v) is 6.72. The van der Waals surface area contributed by atoms with Crippen molar-refractivity contribution >= 4 is 17.5 Å². The summed E-state index contributed by atoms with van der Waals surface area (Å²) in [5.74, 6) is 0.402. The molecule has 4 rings (SSSR count). The lowest BCUT2D eigenvalue weighted by molar-refractivity contribution is -0.122. The van der Waals surface area contributed by atoms with E-state index in [0.29, 0.717) is 19.5 Å². The molecule has 0 unspecified atom stereocenters. The topological polar surface area (TPSA) is 52.7 Å². The average Bonchev–Trinajstić information content (AvgIpc) is 3.53. The van der Waals surface area contributed by atoms with Crippen LogP contribution in [0.5, 0.6) is 0 Å². The van der Waals surface area contributed by atoms with E-state index in [-0.39, 0.29) is 17.7 Å². The fourth-order valence-corrected chi connectivity index (χ4v) is 4.86. The number of carbonyl (C=O) groups is 2. The molecule has 0 bridgehead atoms. The molecule has 2 fully saturated rings. The van der Waals surface area contributed by atoms with Crippen LogP contribution in [0.15, 0.2) is 54.6 Å². The Labute approximate surface area is 191 Å². The molecule has 2 aliphatic rings. The van der Waals surface area contributed by atoms with Crippen LogP contribution in [0.1, 0.15) is 49.7 Å². The van der Waals surface area contributed by atoms with E-state index in [1.807, 2.05) is 47.4 Å². The summed E-state index contributed by atoms with van der Waals surface area (Å²) in [5.41, 5.74) is 3.00. The second kappa shape index (κ2) is 11.3. The Morgan fingerprint density at radius 2 is 1.56 bits per heavy atom. The molecule has 1 aliphatic carbocycles. The normalized spacial score (nSPS) is 16.9. The zero-order valence-electron chi connectivity index (χ0n) is 19.0. The molecule has 1 aliphatic heterocycles. The van der Waals surface area contributed by atoms with Crippen LogP contribution >= 0.6 is 0 Å². The van der Waals surface area contributed by atoms with E-state index in [0.717, 1.165) is 62.1 Å². The minimum Gasteiger partial charge on any atom is -0.355 e. The molecule has 2 aromatic rings. The maximum absolute atomic E-state index is 13.3. The SMILES string of the molecule is O=C(Cc1ccc(N(Cc2ccccc2)C(=O)C2CCCC2)cc1)NCCN1CCCC1. The van der Waals surface area contributed by atoms with Crippen molar-refractivity contribution in [3.63, 3.8) is 0 Å². The van der Waals surface area contributed by atoms with Gasteiger partial charge in [0.1, 0.15) is 0 Å². The molecule has 32 heavy (non-hydrogen) atoms. The summed E-state index contributed by atoms with van der Waals surface area (Å²) in [6.07, 6.45) is 7.16. The van der Waals surface area contributed by atoms with Gasteiger partial charge in [0.25, 0.3) is 0 Å². The Morgan fingerprint density at radius 1 is 0.875 bits per heavy atom. The van der Waals surface area contributed by atoms with Gasteiger partial charge in [-0.15, -0.1) is 0 Å². The van der Waals surface area contributed by atoms with E-state index in [4.69, 9.17) is 0 Å². The van der Waals surface area contributed by atoms with Crippen LogP contribution in [-0.4, -0.2) is 42.9 Å². The van der Waals surface area contributed by atoms with Crippen LogP contribution in [0.2, 0.25) is 0 Å². The van der Waals surface area contributed by atoms with E-state index in [9.17, 15) is 9.59 Å². The molecular weight excluding hydrogens is 398 g/mol. The lowest BCUT2D eigenvalue weighted by Crippen LogP contribution is -2.35. The van der Waals surface area contributed by atoms with E-state index in [1.54, 1.807) is 0 Å². The third kappa shape index (κ3) is 6.19. The summed E-state index contributed by atoms with van der Waals surface area (Å²) in [7, 11) is 0. The molecule has 1 saturated heterocycles. The molecule has 170 valence electrons. The monoisotopic (exact) mass is 433 g/mol. The molecule has 0 spiro atoms. The van der Waals surface area contributed by atoms with Gasteiger partial charge in [-0.25, -0.2) is 0 Å². The van der Waals surface area contributed by atoms with Crippen LogP contribution in [-0.2, 0) is 22.6 Å². The van der Waals surface area contributed by atoms with Gasteiger partial charge < -0.3 is 15.1 Å². The largest absolute Gasteiger partial charge is 0.355 e. The second-order valence-electron chi connectivity index (χ2n) is 9.13. The van der Waals surface area contributed by atoms with Gasteiger partial charge in [0.05, 0.1) is 13.0 Å². The van der Waals surface area contributed by atoms with Crippen LogP contribution in [0.25, 0.3) is 0 Å². The van der Waals surface area contributed by atoms with Gasteiger partial charge in [-0.3, -0.25) is 9.59 Å². The standard InChI is InChI=1S/C27H35N3O2/c31-26(28-16-19-29-17-6-7-18-29)20-22-12-14-25(15-13-22)30(21-23-8-2-1-3-9-23)27(32)24-10-4-5-11-24/h1-3,8-9,12-15,24H,4-7,10-11,16-21H2,(H,28,31). The fraction of sp³-hybridized carbons (Fsp3) is 0.481. The molecule has 0 atom stereocenters. The first-order valence-electron chi connectivity index (χ1n) is 12.1. The van der Waals surface area contributed by atoms with Crippen molar-refractivity contribution in [2.75, 3.05) is 31.1 Å². The lowest BCUT2D eigenvalue weighted by Gasteiger charge is -2.26. The highest BCUT2D eigenvalue weighted by Crippen LogP contribution is 2.30. The first kappa shape index (κ1) is 22.5. The first-order valence-corrected chi connectivity index (χ1v) is 12.1. The predicted molar refractivity (Wildman–Crippen MR) is 128 cm³/mol. The van der Waals surface area contributed by atoms with E-state index in [1.165, 1.54) is 12.8 Å². The van der Waals surface area contributed by atoms with Gasteiger partial charge in [0.15, 0.2) is 0 Å². The second-order valence-corrected chi connectivity index (χ2v) is 9.13. The highest BCUT2D eigenvalue weighted by atomic mass is 16.2. The Hall–Kier alpha value is -2.66. The summed E-state index contributed by atoms with van der Waals surface area (Å²) in [6.45, 7) is 4.51. The Kier molecular flexibility index (Phi) is 7.94. The highest BCUT2D eigenvalue weighted by Gasteiger charge is 2.28. The minimum absolute atomic E-state index is 0.0557. The Bertz CT molecular complexity index is 870. The van der Waals surface area contributed by atoms with Gasteiger partial charge in [-0.1, -0.05) is 55.3 Å². The third-order valence-electron chi connectivity index (χ3n) is 6.72. The van der Waals surface area contributed by atoms with Gasteiger partial charge >= 0.3 is 0 Å². The fourth-order valence-electron chi connectivity index (χ4n) is 4.86. The van der Waals surface area contributed by atoms with Crippen LogP contribution in [0.3, 0.4) is 0 Å². The highest BCUT2D eigenvalue weighted by molar-refractivity contribution is 5.95. The number of benzene rings is 2. The van der Waals surface area contributed by atoms with E-state index in [2.05, 4.69) is 22.3 Å². The van der Waals surface area contributed by atoms with Gasteiger partial charge in [0, 0.05) is 24.7 Å². The Morgan fingerprint density at radius 3 is 2.25 bits per heavy atom. The number of nitrogens with zero attached hydrogens (tertiary/aromatic N) is 2. The molecule has 1 N–H and O–H groups in total. The average molecular weight is 434 g/mol. The summed E-state index contributed by atoms with van der Waals surface area (Å²) >= 11 is 0. The van der Waals surface area contributed by atoms with E-state index >= 15 is 0 Å². The van der Waals surface area contributed by atoms with Crippen LogP contribution < -0.4 is 10.2 Å². The maximum atomic E-state index is 13.3. The quantitative estimate of drug-likeness (QED) is 0.646. The Balaban J connectivity index is 1.37. The smallest absolute Gasteiger partial charge is 0.230 e. The van der Waals surface area contributed by atoms with Gasteiger partial charge in [-0.2, -0.15) is 0 Å². The number of anilines is 1. The molecule has 0 aromatic heterocycles. The summed E-state index contributed by atoms with van der Waals surface area (Å²) in [4.78, 5) is 30.0. The van der Waals surface area contributed by atoms with Crippen molar-refractivity contribution in [2.45, 2.75) is 51.5 Å². The number of hydrogen-bond acceptors (Lipinski definition) is 3.